The maximum atomic E-state index is 12.8. The quantitative estimate of drug-likeness (QED) is 0.679. The molecule has 1 aromatic carbocycles. The molecule has 3 aromatic rings. The van der Waals surface area contributed by atoms with Gasteiger partial charge >= 0.3 is 5.69 Å². The molecule has 0 unspecified atom stereocenters. The molecule has 1 N–H and O–H groups in total. The molecule has 3 heterocycles. The SMILES string of the molecule is Cn1c(=O)n(C)c2cc(NC(=O)[C@H]3CCCN(S(=O)(=O)c4cccs4)C3)ccc21. The van der Waals surface area contributed by atoms with E-state index in [1.54, 1.807) is 54.4 Å². The zero-order valence-electron chi connectivity index (χ0n) is 16.2. The van der Waals surface area contributed by atoms with E-state index in [2.05, 4.69) is 5.32 Å². The van der Waals surface area contributed by atoms with E-state index in [1.807, 2.05) is 0 Å². The molecule has 1 aliphatic heterocycles. The molecule has 1 amide bonds. The van der Waals surface area contributed by atoms with Crippen molar-refractivity contribution >= 4 is 44.0 Å². The number of aryl methyl sites for hydroxylation is 2. The minimum atomic E-state index is -3.56. The lowest BCUT2D eigenvalue weighted by atomic mass is 9.98. The number of carbonyl (C=O) groups excluding carboxylic acids is 1. The number of sulfonamides is 1. The number of hydrogen-bond donors (Lipinski definition) is 1. The van der Waals surface area contributed by atoms with Crippen molar-refractivity contribution in [1.82, 2.24) is 13.4 Å². The van der Waals surface area contributed by atoms with Crippen molar-refractivity contribution in [3.63, 3.8) is 0 Å². The molecule has 1 saturated heterocycles. The summed E-state index contributed by atoms with van der Waals surface area (Å²) in [4.78, 5) is 24.9. The maximum absolute atomic E-state index is 12.8. The van der Waals surface area contributed by atoms with Gasteiger partial charge in [0.25, 0.3) is 10.0 Å². The highest BCUT2D eigenvalue weighted by Crippen LogP contribution is 2.27. The van der Waals surface area contributed by atoms with Crippen LogP contribution in [0.5, 0.6) is 0 Å². The van der Waals surface area contributed by atoms with Crippen LogP contribution in [0.1, 0.15) is 12.8 Å². The molecule has 8 nitrogen and oxygen atoms in total. The van der Waals surface area contributed by atoms with Gasteiger partial charge in [-0.1, -0.05) is 6.07 Å². The van der Waals surface area contributed by atoms with E-state index in [-0.39, 0.29) is 18.1 Å². The van der Waals surface area contributed by atoms with Crippen molar-refractivity contribution in [3.8, 4) is 0 Å². The number of carbonyl (C=O) groups is 1. The second-order valence-corrected chi connectivity index (χ2v) is 10.3. The van der Waals surface area contributed by atoms with Crippen LogP contribution in [0.15, 0.2) is 44.7 Å². The zero-order valence-corrected chi connectivity index (χ0v) is 17.8. The summed E-state index contributed by atoms with van der Waals surface area (Å²) >= 11 is 1.18. The molecule has 0 bridgehead atoms. The fraction of sp³-hybridized carbons (Fsp3) is 0.368. The first-order valence-electron chi connectivity index (χ1n) is 9.29. The van der Waals surface area contributed by atoms with Crippen molar-refractivity contribution in [1.29, 1.82) is 0 Å². The van der Waals surface area contributed by atoms with E-state index in [0.717, 1.165) is 11.0 Å². The van der Waals surface area contributed by atoms with Gasteiger partial charge in [-0.15, -0.1) is 11.3 Å². The number of anilines is 1. The largest absolute Gasteiger partial charge is 0.328 e. The number of rotatable bonds is 4. The van der Waals surface area contributed by atoms with Gasteiger partial charge in [0.05, 0.1) is 17.0 Å². The minimum Gasteiger partial charge on any atom is -0.326 e. The number of piperidine rings is 1. The maximum Gasteiger partial charge on any atom is 0.328 e. The van der Waals surface area contributed by atoms with Crippen molar-refractivity contribution in [2.75, 3.05) is 18.4 Å². The standard InChI is InChI=1S/C19H22N4O4S2/c1-21-15-8-7-14(11-16(15)22(2)19(21)25)20-18(24)13-5-3-9-23(12-13)29(26,27)17-6-4-10-28-17/h4,6-8,10-11,13H,3,5,9,12H2,1-2H3,(H,20,24)/t13-/m0/s1. The van der Waals surface area contributed by atoms with Crippen LogP contribution in [-0.4, -0.2) is 40.9 Å². The van der Waals surface area contributed by atoms with E-state index in [9.17, 15) is 18.0 Å². The average Bonchev–Trinajstić information content (AvgIpc) is 3.33. The first-order chi connectivity index (χ1) is 13.8. The van der Waals surface area contributed by atoms with E-state index >= 15 is 0 Å². The fourth-order valence-electron chi connectivity index (χ4n) is 3.74. The Hall–Kier alpha value is -2.43. The molecule has 1 fully saturated rings. The highest BCUT2D eigenvalue weighted by atomic mass is 32.2. The number of fused-ring (bicyclic) bond motifs is 1. The minimum absolute atomic E-state index is 0.134. The molecular weight excluding hydrogens is 412 g/mol. The topological polar surface area (TPSA) is 93.4 Å². The van der Waals surface area contributed by atoms with Crippen LogP contribution in [0.25, 0.3) is 11.0 Å². The second-order valence-electron chi connectivity index (χ2n) is 7.23. The Bertz CT molecular complexity index is 1230. The highest BCUT2D eigenvalue weighted by Gasteiger charge is 2.33. The summed E-state index contributed by atoms with van der Waals surface area (Å²) in [5, 5.41) is 4.61. The second kappa shape index (κ2) is 7.43. The number of benzene rings is 1. The van der Waals surface area contributed by atoms with E-state index < -0.39 is 15.9 Å². The molecule has 4 rings (SSSR count). The van der Waals surface area contributed by atoms with Gasteiger partial charge in [-0.2, -0.15) is 4.31 Å². The molecule has 0 radical (unpaired) electrons. The van der Waals surface area contributed by atoms with Gasteiger partial charge in [-0.25, -0.2) is 13.2 Å². The van der Waals surface area contributed by atoms with Crippen molar-refractivity contribution in [2.45, 2.75) is 17.1 Å². The molecule has 0 saturated carbocycles. The van der Waals surface area contributed by atoms with Gasteiger partial charge < -0.3 is 5.32 Å². The van der Waals surface area contributed by atoms with Gasteiger partial charge in [0, 0.05) is 32.9 Å². The van der Waals surface area contributed by atoms with E-state index in [4.69, 9.17) is 0 Å². The third kappa shape index (κ3) is 3.52. The Morgan fingerprint density at radius 2 is 1.93 bits per heavy atom. The number of hydrogen-bond acceptors (Lipinski definition) is 5. The summed E-state index contributed by atoms with van der Waals surface area (Å²) in [6.45, 7) is 0.584. The lowest BCUT2D eigenvalue weighted by molar-refractivity contribution is -0.120. The Labute approximate surface area is 172 Å². The lowest BCUT2D eigenvalue weighted by Crippen LogP contribution is -2.43. The molecule has 10 heteroatoms. The third-order valence-corrected chi connectivity index (χ3v) is 8.62. The Balaban J connectivity index is 1.52. The molecule has 2 aromatic heterocycles. The van der Waals surface area contributed by atoms with Crippen LogP contribution >= 0.6 is 11.3 Å². The summed E-state index contributed by atoms with van der Waals surface area (Å²) in [5.74, 6) is -0.634. The Morgan fingerprint density at radius 1 is 1.17 bits per heavy atom. The molecule has 154 valence electrons. The van der Waals surface area contributed by atoms with Gasteiger partial charge in [-0.3, -0.25) is 13.9 Å². The van der Waals surface area contributed by atoms with E-state index in [0.29, 0.717) is 29.3 Å². The lowest BCUT2D eigenvalue weighted by Gasteiger charge is -2.30. The smallest absolute Gasteiger partial charge is 0.326 e. The first-order valence-corrected chi connectivity index (χ1v) is 11.6. The molecule has 0 aliphatic carbocycles. The van der Waals surface area contributed by atoms with Crippen LogP contribution < -0.4 is 11.0 Å². The molecule has 29 heavy (non-hydrogen) atoms. The summed E-state index contributed by atoms with van der Waals surface area (Å²) in [7, 11) is -0.176. The third-order valence-electron chi connectivity index (χ3n) is 5.38. The van der Waals surface area contributed by atoms with Gasteiger partial charge in [0.15, 0.2) is 0 Å². The first kappa shape index (κ1) is 19.9. The van der Waals surface area contributed by atoms with Gasteiger partial charge in [0.2, 0.25) is 5.91 Å². The normalized spacial score (nSPS) is 18.2. The number of amides is 1. The number of thiophene rings is 1. The number of aromatic nitrogens is 2. The van der Waals surface area contributed by atoms with Crippen LogP contribution in [0.2, 0.25) is 0 Å². The van der Waals surface area contributed by atoms with Gasteiger partial charge in [0.1, 0.15) is 4.21 Å². The van der Waals surface area contributed by atoms with E-state index in [1.165, 1.54) is 20.2 Å². The van der Waals surface area contributed by atoms with Crippen molar-refractivity contribution in [3.05, 3.63) is 46.2 Å². The molecule has 0 spiro atoms. The highest BCUT2D eigenvalue weighted by molar-refractivity contribution is 7.91. The monoisotopic (exact) mass is 434 g/mol. The zero-order chi connectivity index (χ0) is 20.8. The van der Waals surface area contributed by atoms with Gasteiger partial charge in [-0.05, 0) is 42.5 Å². The average molecular weight is 435 g/mol. The summed E-state index contributed by atoms with van der Waals surface area (Å²) < 4.78 is 30.3. The molecule has 1 aliphatic rings. The summed E-state index contributed by atoms with van der Waals surface area (Å²) in [6.07, 6.45) is 1.27. The number of nitrogens with one attached hydrogen (secondary N) is 1. The Morgan fingerprint density at radius 3 is 2.66 bits per heavy atom. The summed E-state index contributed by atoms with van der Waals surface area (Å²) in [6, 6.07) is 8.60. The number of imidazole rings is 1. The fourth-order valence-corrected chi connectivity index (χ4v) is 6.41. The Kier molecular flexibility index (Phi) is 5.09. The summed E-state index contributed by atoms with van der Waals surface area (Å²) in [5.41, 5.74) is 1.95. The van der Waals surface area contributed by atoms with Crippen molar-refractivity contribution < 1.29 is 13.2 Å². The van der Waals surface area contributed by atoms with Crippen LogP contribution in [-0.2, 0) is 28.9 Å². The van der Waals surface area contributed by atoms with Crippen LogP contribution in [0.4, 0.5) is 5.69 Å². The van der Waals surface area contributed by atoms with Crippen molar-refractivity contribution in [2.24, 2.45) is 20.0 Å². The predicted octanol–water partition coefficient (Wildman–Crippen LogP) is 1.98. The van der Waals surface area contributed by atoms with Crippen LogP contribution in [0, 0.1) is 5.92 Å². The number of nitrogens with zero attached hydrogens (tertiary/aromatic N) is 3. The molecule has 1 atom stereocenters. The van der Waals surface area contributed by atoms with Crippen LogP contribution in [0.3, 0.4) is 0 Å². The predicted molar refractivity (Wildman–Crippen MR) is 113 cm³/mol. The molecular formula is C19H22N4O4S2.